The zero-order valence-electron chi connectivity index (χ0n) is 9.38. The second-order valence-corrected chi connectivity index (χ2v) is 3.67. The molecule has 0 unspecified atom stereocenters. The van der Waals surface area contributed by atoms with E-state index >= 15 is 0 Å². The van der Waals surface area contributed by atoms with Crippen LogP contribution in [0, 0.1) is 0 Å². The molecule has 0 aliphatic heterocycles. The van der Waals surface area contributed by atoms with Crippen LogP contribution in [0.5, 0.6) is 0 Å². The first kappa shape index (κ1) is 11.8. The summed E-state index contributed by atoms with van der Waals surface area (Å²) in [4.78, 5) is 22.5. The minimum Gasteiger partial charge on any atom is -0.477 e. The summed E-state index contributed by atoms with van der Waals surface area (Å²) in [5.74, 6) is -1.34. The highest BCUT2D eigenvalue weighted by Crippen LogP contribution is 2.11. The average molecular weight is 245 g/mol. The van der Waals surface area contributed by atoms with Gasteiger partial charge in [0.1, 0.15) is 11.4 Å². The number of nitrogens with zero attached hydrogens (tertiary/aromatic N) is 1. The van der Waals surface area contributed by atoms with Gasteiger partial charge in [0.05, 0.1) is 12.6 Å². The third kappa shape index (κ3) is 2.73. The molecule has 0 bridgehead atoms. The van der Waals surface area contributed by atoms with Crippen molar-refractivity contribution < 1.29 is 14.7 Å². The molecule has 6 heteroatoms. The van der Waals surface area contributed by atoms with Gasteiger partial charge in [0.25, 0.3) is 0 Å². The molecule has 1 aromatic heterocycles. The van der Waals surface area contributed by atoms with Crippen molar-refractivity contribution in [2.24, 2.45) is 0 Å². The predicted molar refractivity (Wildman–Crippen MR) is 64.3 cm³/mol. The average Bonchev–Trinajstić information content (AvgIpc) is 2.78. The standard InChI is InChI=1S/C12H11N3O3/c16-10(6-8-4-2-1-3-5-8)14-11-9(12(17)18)7-13-15-11/h1-5,7H,6H2,(H,17,18)(H2,13,14,15,16). The monoisotopic (exact) mass is 245 g/mol. The molecular weight excluding hydrogens is 234 g/mol. The summed E-state index contributed by atoms with van der Waals surface area (Å²) in [6, 6.07) is 9.18. The van der Waals surface area contributed by atoms with Crippen molar-refractivity contribution in [2.45, 2.75) is 6.42 Å². The number of aromatic nitrogens is 2. The van der Waals surface area contributed by atoms with Crippen molar-refractivity contribution in [3.05, 3.63) is 47.7 Å². The highest BCUT2D eigenvalue weighted by molar-refractivity contribution is 5.99. The molecule has 0 aliphatic carbocycles. The normalized spacial score (nSPS) is 10.0. The lowest BCUT2D eigenvalue weighted by molar-refractivity contribution is -0.115. The number of aromatic carboxylic acids is 1. The Bertz CT molecular complexity index is 563. The smallest absolute Gasteiger partial charge is 0.341 e. The molecule has 0 radical (unpaired) electrons. The van der Waals surface area contributed by atoms with Crippen molar-refractivity contribution in [3.8, 4) is 0 Å². The molecule has 0 atom stereocenters. The van der Waals surface area contributed by atoms with E-state index in [-0.39, 0.29) is 23.7 Å². The molecule has 1 aromatic carbocycles. The van der Waals surface area contributed by atoms with E-state index in [2.05, 4.69) is 15.5 Å². The minimum atomic E-state index is -1.14. The van der Waals surface area contributed by atoms with Gasteiger partial charge < -0.3 is 10.4 Å². The van der Waals surface area contributed by atoms with E-state index < -0.39 is 5.97 Å². The van der Waals surface area contributed by atoms with Gasteiger partial charge in [-0.1, -0.05) is 30.3 Å². The SMILES string of the molecule is O=C(Cc1ccccc1)Nc1[nH]ncc1C(=O)O. The number of carbonyl (C=O) groups excluding carboxylic acids is 1. The molecule has 2 rings (SSSR count). The van der Waals surface area contributed by atoms with E-state index in [0.29, 0.717) is 0 Å². The maximum atomic E-state index is 11.7. The number of hydrogen-bond acceptors (Lipinski definition) is 3. The summed E-state index contributed by atoms with van der Waals surface area (Å²) in [6.07, 6.45) is 1.33. The summed E-state index contributed by atoms with van der Waals surface area (Å²) in [6.45, 7) is 0. The van der Waals surface area contributed by atoms with E-state index in [1.807, 2.05) is 30.3 Å². The van der Waals surface area contributed by atoms with Crippen LogP contribution < -0.4 is 5.32 Å². The van der Waals surface area contributed by atoms with Gasteiger partial charge in [-0.3, -0.25) is 9.89 Å². The Balaban J connectivity index is 2.04. The summed E-state index contributed by atoms with van der Waals surface area (Å²) < 4.78 is 0. The number of nitrogens with one attached hydrogen (secondary N) is 2. The van der Waals surface area contributed by atoms with Gasteiger partial charge in [-0.15, -0.1) is 0 Å². The molecule has 2 aromatic rings. The summed E-state index contributed by atoms with van der Waals surface area (Å²) in [5, 5.41) is 17.4. The zero-order chi connectivity index (χ0) is 13.0. The van der Waals surface area contributed by atoms with Crippen LogP contribution in [0.15, 0.2) is 36.5 Å². The van der Waals surface area contributed by atoms with Crippen molar-refractivity contribution in [1.29, 1.82) is 0 Å². The Morgan fingerprint density at radius 2 is 2.00 bits per heavy atom. The predicted octanol–water partition coefficient (Wildman–Crippen LogP) is 1.29. The van der Waals surface area contributed by atoms with Gasteiger partial charge in [0, 0.05) is 0 Å². The first-order valence-electron chi connectivity index (χ1n) is 5.27. The van der Waals surface area contributed by atoms with Crippen molar-refractivity contribution in [3.63, 3.8) is 0 Å². The van der Waals surface area contributed by atoms with Gasteiger partial charge in [-0.2, -0.15) is 5.10 Å². The van der Waals surface area contributed by atoms with Crippen LogP contribution in [-0.4, -0.2) is 27.2 Å². The van der Waals surface area contributed by atoms with E-state index in [1.165, 1.54) is 0 Å². The van der Waals surface area contributed by atoms with Crippen molar-refractivity contribution in [1.82, 2.24) is 10.2 Å². The lowest BCUT2D eigenvalue weighted by Crippen LogP contribution is -2.16. The minimum absolute atomic E-state index is 0.0589. The summed E-state index contributed by atoms with van der Waals surface area (Å²) in [7, 11) is 0. The Labute approximate surface area is 103 Å². The topological polar surface area (TPSA) is 95.1 Å². The Hall–Kier alpha value is -2.63. The highest BCUT2D eigenvalue weighted by atomic mass is 16.4. The molecule has 1 heterocycles. The highest BCUT2D eigenvalue weighted by Gasteiger charge is 2.14. The number of rotatable bonds is 4. The van der Waals surface area contributed by atoms with E-state index in [0.717, 1.165) is 11.8 Å². The van der Waals surface area contributed by atoms with Crippen LogP contribution in [0.25, 0.3) is 0 Å². The third-order valence-electron chi connectivity index (χ3n) is 2.34. The number of hydrogen-bond donors (Lipinski definition) is 3. The Morgan fingerprint density at radius 1 is 1.28 bits per heavy atom. The Kier molecular flexibility index (Phi) is 3.38. The number of benzene rings is 1. The maximum absolute atomic E-state index is 11.7. The molecule has 0 saturated heterocycles. The molecule has 1 amide bonds. The number of carboxylic acid groups (broad SMARTS) is 1. The molecule has 18 heavy (non-hydrogen) atoms. The lowest BCUT2D eigenvalue weighted by Gasteiger charge is -2.03. The number of anilines is 1. The molecule has 3 N–H and O–H groups in total. The molecule has 92 valence electrons. The van der Waals surface area contributed by atoms with Gasteiger partial charge in [-0.05, 0) is 5.56 Å². The third-order valence-corrected chi connectivity index (χ3v) is 2.34. The van der Waals surface area contributed by atoms with Gasteiger partial charge in [-0.25, -0.2) is 4.79 Å². The maximum Gasteiger partial charge on any atom is 0.341 e. The number of amides is 1. The van der Waals surface area contributed by atoms with Gasteiger partial charge in [0.15, 0.2) is 0 Å². The molecule has 0 saturated carbocycles. The molecule has 6 nitrogen and oxygen atoms in total. The first-order valence-corrected chi connectivity index (χ1v) is 5.27. The number of carboxylic acids is 1. The first-order chi connectivity index (χ1) is 8.66. The fourth-order valence-corrected chi connectivity index (χ4v) is 1.51. The molecule has 0 spiro atoms. The quantitative estimate of drug-likeness (QED) is 0.756. The van der Waals surface area contributed by atoms with Crippen LogP contribution in [0.1, 0.15) is 15.9 Å². The van der Waals surface area contributed by atoms with Crippen molar-refractivity contribution >= 4 is 17.7 Å². The van der Waals surface area contributed by atoms with Gasteiger partial charge in [0.2, 0.25) is 5.91 Å². The van der Waals surface area contributed by atoms with Crippen molar-refractivity contribution in [2.75, 3.05) is 5.32 Å². The summed E-state index contributed by atoms with van der Waals surface area (Å²) in [5.41, 5.74) is 0.794. The van der Waals surface area contributed by atoms with Crippen LogP contribution in [0.3, 0.4) is 0 Å². The number of aromatic amines is 1. The van der Waals surface area contributed by atoms with Crippen LogP contribution in [0.2, 0.25) is 0 Å². The summed E-state index contributed by atoms with van der Waals surface area (Å²) >= 11 is 0. The molecular formula is C12H11N3O3. The van der Waals surface area contributed by atoms with E-state index in [9.17, 15) is 9.59 Å². The second-order valence-electron chi connectivity index (χ2n) is 3.67. The van der Waals surface area contributed by atoms with Crippen LogP contribution >= 0.6 is 0 Å². The largest absolute Gasteiger partial charge is 0.477 e. The van der Waals surface area contributed by atoms with Crippen LogP contribution in [0.4, 0.5) is 5.82 Å². The Morgan fingerprint density at radius 3 is 2.67 bits per heavy atom. The number of carbonyl (C=O) groups is 2. The molecule has 0 aliphatic rings. The second kappa shape index (κ2) is 5.13. The van der Waals surface area contributed by atoms with Gasteiger partial charge >= 0.3 is 5.97 Å². The number of H-pyrrole nitrogens is 1. The molecule has 0 fully saturated rings. The fourth-order valence-electron chi connectivity index (χ4n) is 1.51. The van der Waals surface area contributed by atoms with Crippen LogP contribution in [-0.2, 0) is 11.2 Å². The zero-order valence-corrected chi connectivity index (χ0v) is 9.38. The fraction of sp³-hybridized carbons (Fsp3) is 0.0833. The van der Waals surface area contributed by atoms with E-state index in [4.69, 9.17) is 5.11 Å². The lowest BCUT2D eigenvalue weighted by atomic mass is 10.1. The van der Waals surface area contributed by atoms with E-state index in [1.54, 1.807) is 0 Å².